The van der Waals surface area contributed by atoms with Crippen LogP contribution in [0.3, 0.4) is 0 Å². The molecule has 1 heterocycles. The number of benzene rings is 1. The van der Waals surface area contributed by atoms with E-state index in [2.05, 4.69) is 15.3 Å². The zero-order valence-corrected chi connectivity index (χ0v) is 13.0. The second-order valence-corrected chi connectivity index (χ2v) is 5.17. The van der Waals surface area contributed by atoms with Gasteiger partial charge in [-0.1, -0.05) is 41.6 Å². The molecule has 0 aliphatic rings. The summed E-state index contributed by atoms with van der Waals surface area (Å²) in [6.07, 6.45) is 1.93. The minimum Gasteiger partial charge on any atom is -0.473 e. The molecular weight excluding hydrogens is 294 g/mol. The molecular formula is C14H16ClN3OS. The summed E-state index contributed by atoms with van der Waals surface area (Å²) in [4.78, 5) is 8.67. The van der Waals surface area contributed by atoms with E-state index in [-0.39, 0.29) is 0 Å². The Balaban J connectivity index is 2.12. The van der Waals surface area contributed by atoms with Crippen LogP contribution in [0.25, 0.3) is 0 Å². The van der Waals surface area contributed by atoms with E-state index in [9.17, 15) is 0 Å². The van der Waals surface area contributed by atoms with Gasteiger partial charge in [0.1, 0.15) is 12.4 Å². The summed E-state index contributed by atoms with van der Waals surface area (Å²) in [5.41, 5.74) is 0.934. The number of rotatable bonds is 6. The molecule has 0 saturated heterocycles. The number of hydrogen-bond acceptors (Lipinski definition) is 5. The first-order chi connectivity index (χ1) is 9.72. The van der Waals surface area contributed by atoms with Gasteiger partial charge in [-0.3, -0.25) is 0 Å². The molecule has 1 N–H and O–H groups in total. The van der Waals surface area contributed by atoms with Gasteiger partial charge >= 0.3 is 0 Å². The third kappa shape index (κ3) is 4.02. The lowest BCUT2D eigenvalue weighted by atomic mass is 10.2. The Morgan fingerprint density at radius 2 is 2.10 bits per heavy atom. The molecule has 0 unspecified atom stereocenters. The van der Waals surface area contributed by atoms with Gasteiger partial charge in [0.2, 0.25) is 5.88 Å². The average Bonchev–Trinajstić information content (AvgIpc) is 2.46. The van der Waals surface area contributed by atoms with E-state index >= 15 is 0 Å². The maximum atomic E-state index is 6.10. The summed E-state index contributed by atoms with van der Waals surface area (Å²) in [7, 11) is 0. The first kappa shape index (κ1) is 14.9. The lowest BCUT2D eigenvalue weighted by molar-refractivity contribution is 0.291. The van der Waals surface area contributed by atoms with Crippen LogP contribution in [0, 0.1) is 0 Å². The Bertz CT molecular complexity index is 580. The summed E-state index contributed by atoms with van der Waals surface area (Å²) in [6, 6.07) is 9.40. The Morgan fingerprint density at radius 1 is 1.30 bits per heavy atom. The molecule has 0 aliphatic carbocycles. The SMILES string of the molecule is CCNc1cc(OCc2ccccc2Cl)nc(SC)n1. The number of thioether (sulfide) groups is 1. The minimum atomic E-state index is 0.385. The second kappa shape index (κ2) is 7.36. The van der Waals surface area contributed by atoms with Crippen LogP contribution in [0.15, 0.2) is 35.5 Å². The van der Waals surface area contributed by atoms with Gasteiger partial charge in [0.05, 0.1) is 0 Å². The molecule has 1 aromatic carbocycles. The van der Waals surface area contributed by atoms with Crippen molar-refractivity contribution >= 4 is 29.2 Å². The summed E-state index contributed by atoms with van der Waals surface area (Å²) in [5, 5.41) is 4.53. The summed E-state index contributed by atoms with van der Waals surface area (Å²) in [5.74, 6) is 1.31. The van der Waals surface area contributed by atoms with E-state index in [0.717, 1.165) is 17.9 Å². The number of ether oxygens (including phenoxy) is 1. The maximum absolute atomic E-state index is 6.10. The Morgan fingerprint density at radius 3 is 2.80 bits per heavy atom. The number of aromatic nitrogens is 2. The Hall–Kier alpha value is -1.46. The molecule has 6 heteroatoms. The standard InChI is InChI=1S/C14H16ClN3OS/c1-3-16-12-8-13(18-14(17-12)20-2)19-9-10-6-4-5-7-11(10)15/h4-8H,3,9H2,1-2H3,(H,16,17,18). The first-order valence-corrected chi connectivity index (χ1v) is 7.86. The van der Waals surface area contributed by atoms with Crippen LogP contribution >= 0.6 is 23.4 Å². The molecule has 4 nitrogen and oxygen atoms in total. The number of nitrogens with one attached hydrogen (secondary N) is 1. The van der Waals surface area contributed by atoms with Crippen LogP contribution < -0.4 is 10.1 Å². The third-order valence-corrected chi connectivity index (χ3v) is 3.47. The highest BCUT2D eigenvalue weighted by atomic mass is 35.5. The number of halogens is 1. The summed E-state index contributed by atoms with van der Waals surface area (Å²) >= 11 is 7.58. The van der Waals surface area contributed by atoms with E-state index in [1.54, 1.807) is 6.07 Å². The molecule has 2 aromatic rings. The highest BCUT2D eigenvalue weighted by molar-refractivity contribution is 7.98. The predicted octanol–water partition coefficient (Wildman–Crippen LogP) is 3.86. The van der Waals surface area contributed by atoms with Crippen molar-refractivity contribution in [3.63, 3.8) is 0 Å². The second-order valence-electron chi connectivity index (χ2n) is 3.99. The lowest BCUT2D eigenvalue weighted by Gasteiger charge is -2.10. The van der Waals surface area contributed by atoms with Crippen molar-refractivity contribution in [2.45, 2.75) is 18.7 Å². The summed E-state index contributed by atoms with van der Waals surface area (Å²) in [6.45, 7) is 3.20. The van der Waals surface area contributed by atoms with Gasteiger partial charge in [-0.05, 0) is 19.2 Å². The third-order valence-electron chi connectivity index (χ3n) is 2.56. The molecule has 20 heavy (non-hydrogen) atoms. The van der Waals surface area contributed by atoms with E-state index in [1.165, 1.54) is 11.8 Å². The van der Waals surface area contributed by atoms with Gasteiger partial charge in [0.15, 0.2) is 5.16 Å². The van der Waals surface area contributed by atoms with Crippen molar-refractivity contribution in [3.8, 4) is 5.88 Å². The van der Waals surface area contributed by atoms with Crippen molar-refractivity contribution in [1.82, 2.24) is 9.97 Å². The molecule has 0 atom stereocenters. The minimum absolute atomic E-state index is 0.385. The van der Waals surface area contributed by atoms with Crippen LogP contribution in [0.5, 0.6) is 5.88 Å². The van der Waals surface area contributed by atoms with E-state index < -0.39 is 0 Å². The van der Waals surface area contributed by atoms with Crippen molar-refractivity contribution in [2.24, 2.45) is 0 Å². The first-order valence-electron chi connectivity index (χ1n) is 6.26. The molecule has 0 saturated carbocycles. The van der Waals surface area contributed by atoms with Crippen molar-refractivity contribution in [3.05, 3.63) is 40.9 Å². The van der Waals surface area contributed by atoms with Gasteiger partial charge in [-0.2, -0.15) is 4.98 Å². The van der Waals surface area contributed by atoms with Gasteiger partial charge in [0, 0.05) is 23.2 Å². The fraction of sp³-hybridized carbons (Fsp3) is 0.286. The largest absolute Gasteiger partial charge is 0.473 e. The highest BCUT2D eigenvalue weighted by Gasteiger charge is 2.06. The molecule has 2 rings (SSSR count). The molecule has 0 radical (unpaired) electrons. The van der Waals surface area contributed by atoms with E-state index in [4.69, 9.17) is 16.3 Å². The van der Waals surface area contributed by atoms with Crippen LogP contribution in [-0.4, -0.2) is 22.8 Å². The molecule has 1 aromatic heterocycles. The van der Waals surface area contributed by atoms with E-state index in [0.29, 0.717) is 22.7 Å². The van der Waals surface area contributed by atoms with Crippen LogP contribution in [-0.2, 0) is 6.61 Å². The molecule has 0 spiro atoms. The van der Waals surface area contributed by atoms with Gasteiger partial charge in [-0.25, -0.2) is 4.98 Å². The lowest BCUT2D eigenvalue weighted by Crippen LogP contribution is -2.04. The quantitative estimate of drug-likeness (QED) is 0.648. The highest BCUT2D eigenvalue weighted by Crippen LogP contribution is 2.21. The van der Waals surface area contributed by atoms with Crippen molar-refractivity contribution in [2.75, 3.05) is 18.1 Å². The fourth-order valence-corrected chi connectivity index (χ4v) is 2.17. The monoisotopic (exact) mass is 309 g/mol. The molecule has 0 fully saturated rings. The number of hydrogen-bond donors (Lipinski definition) is 1. The molecule has 0 amide bonds. The van der Waals surface area contributed by atoms with Gasteiger partial charge in [-0.15, -0.1) is 0 Å². The maximum Gasteiger partial charge on any atom is 0.219 e. The average molecular weight is 310 g/mol. The van der Waals surface area contributed by atoms with Crippen LogP contribution in [0.2, 0.25) is 5.02 Å². The molecule has 0 bridgehead atoms. The zero-order valence-electron chi connectivity index (χ0n) is 11.4. The Kier molecular flexibility index (Phi) is 5.49. The van der Waals surface area contributed by atoms with Crippen LogP contribution in [0.4, 0.5) is 5.82 Å². The van der Waals surface area contributed by atoms with Crippen LogP contribution in [0.1, 0.15) is 12.5 Å². The number of nitrogens with zero attached hydrogens (tertiary/aromatic N) is 2. The summed E-state index contributed by atoms with van der Waals surface area (Å²) < 4.78 is 5.71. The molecule has 0 aliphatic heterocycles. The topological polar surface area (TPSA) is 47.0 Å². The zero-order chi connectivity index (χ0) is 14.4. The normalized spacial score (nSPS) is 10.3. The smallest absolute Gasteiger partial charge is 0.219 e. The van der Waals surface area contributed by atoms with Gasteiger partial charge < -0.3 is 10.1 Å². The van der Waals surface area contributed by atoms with Crippen molar-refractivity contribution in [1.29, 1.82) is 0 Å². The number of anilines is 1. The van der Waals surface area contributed by atoms with E-state index in [1.807, 2.05) is 37.4 Å². The Labute approximate surface area is 127 Å². The molecule has 106 valence electrons. The van der Waals surface area contributed by atoms with Gasteiger partial charge in [0.25, 0.3) is 0 Å². The predicted molar refractivity (Wildman–Crippen MR) is 83.8 cm³/mol. The fourth-order valence-electron chi connectivity index (χ4n) is 1.61. The van der Waals surface area contributed by atoms with Crippen molar-refractivity contribution < 1.29 is 4.74 Å².